The van der Waals surface area contributed by atoms with E-state index in [-0.39, 0.29) is 59.4 Å². The van der Waals surface area contributed by atoms with Gasteiger partial charge in [-0.05, 0) is 84.5 Å². The Kier molecular flexibility index (Phi) is 8.06. The van der Waals surface area contributed by atoms with Crippen LogP contribution in [0.25, 0.3) is 0 Å². The van der Waals surface area contributed by atoms with E-state index in [1.165, 1.54) is 0 Å². The number of carbonyl (C=O) groups excluding carboxylic acids is 4. The first-order valence-corrected chi connectivity index (χ1v) is 11.7. The Labute approximate surface area is 179 Å². The molecule has 0 N–H and O–H groups in total. The molecule has 0 saturated heterocycles. The zero-order valence-corrected chi connectivity index (χ0v) is 18.4. The number of Topliss-reactive ketones (excluding diaryl/α,β-unsaturated/α-hetero) is 2. The Morgan fingerprint density at radius 1 is 0.533 bits per heavy atom. The molecule has 0 bridgehead atoms. The van der Waals surface area contributed by atoms with E-state index in [1.54, 1.807) is 13.8 Å². The highest BCUT2D eigenvalue weighted by atomic mass is 16.5. The Morgan fingerprint density at radius 2 is 0.900 bits per heavy atom. The number of rotatable bonds is 6. The van der Waals surface area contributed by atoms with Crippen LogP contribution in [0.5, 0.6) is 0 Å². The lowest BCUT2D eigenvalue weighted by Crippen LogP contribution is -2.35. The molecule has 2 atom stereocenters. The summed E-state index contributed by atoms with van der Waals surface area (Å²) in [5.74, 6) is -0.197. The topological polar surface area (TPSA) is 86.7 Å². The summed E-state index contributed by atoms with van der Waals surface area (Å²) in [5.41, 5.74) is 0. The molecule has 2 unspecified atom stereocenters. The first-order valence-electron chi connectivity index (χ1n) is 11.7. The van der Waals surface area contributed by atoms with E-state index < -0.39 is 0 Å². The van der Waals surface area contributed by atoms with E-state index in [4.69, 9.17) is 9.47 Å². The summed E-state index contributed by atoms with van der Waals surface area (Å²) in [6, 6.07) is 0. The molecule has 0 aromatic carbocycles. The smallest absolute Gasteiger partial charge is 0.309 e. The molecule has 0 heterocycles. The quantitative estimate of drug-likeness (QED) is 0.599. The molecule has 3 aliphatic rings. The SMILES string of the molecule is CC(=O)C1CCC(OC(=O)C2CCCC(C(=O)OC3CCC(C(C)=O)CC3)C2)CC1. The molecule has 6 heteroatoms. The summed E-state index contributed by atoms with van der Waals surface area (Å²) in [4.78, 5) is 48.3. The van der Waals surface area contributed by atoms with Crippen molar-refractivity contribution in [1.29, 1.82) is 0 Å². The molecular formula is C24H36O6. The predicted octanol–water partition coefficient (Wildman–Crippen LogP) is 4.17. The first-order chi connectivity index (χ1) is 14.3. The fourth-order valence-corrected chi connectivity index (χ4v) is 5.31. The number of esters is 2. The predicted molar refractivity (Wildman–Crippen MR) is 110 cm³/mol. The van der Waals surface area contributed by atoms with Gasteiger partial charge in [-0.3, -0.25) is 19.2 Å². The molecule has 168 valence electrons. The number of carbonyl (C=O) groups is 4. The second kappa shape index (κ2) is 10.5. The zero-order valence-electron chi connectivity index (χ0n) is 18.4. The molecule has 6 nitrogen and oxygen atoms in total. The summed E-state index contributed by atoms with van der Waals surface area (Å²) >= 11 is 0. The van der Waals surface area contributed by atoms with Gasteiger partial charge in [0.2, 0.25) is 0 Å². The summed E-state index contributed by atoms with van der Waals surface area (Å²) < 4.78 is 11.5. The maximum absolute atomic E-state index is 12.7. The van der Waals surface area contributed by atoms with E-state index in [2.05, 4.69) is 0 Å². The molecule has 0 aliphatic heterocycles. The molecule has 0 aromatic heterocycles. The molecule has 0 aromatic rings. The normalized spacial score (nSPS) is 34.6. The van der Waals surface area contributed by atoms with Gasteiger partial charge in [-0.15, -0.1) is 0 Å². The van der Waals surface area contributed by atoms with Gasteiger partial charge in [-0.1, -0.05) is 6.42 Å². The highest BCUT2D eigenvalue weighted by Gasteiger charge is 2.36. The summed E-state index contributed by atoms with van der Waals surface area (Å²) in [5, 5.41) is 0. The van der Waals surface area contributed by atoms with E-state index >= 15 is 0 Å². The third-order valence-electron chi connectivity index (χ3n) is 7.40. The molecule has 3 fully saturated rings. The Bertz CT molecular complexity index is 586. The van der Waals surface area contributed by atoms with Crippen molar-refractivity contribution >= 4 is 23.5 Å². The van der Waals surface area contributed by atoms with Crippen molar-refractivity contribution in [1.82, 2.24) is 0 Å². The second-order valence-electron chi connectivity index (χ2n) is 9.60. The van der Waals surface area contributed by atoms with E-state index in [9.17, 15) is 19.2 Å². The molecule has 0 radical (unpaired) electrons. The van der Waals surface area contributed by atoms with Crippen molar-refractivity contribution in [3.63, 3.8) is 0 Å². The van der Waals surface area contributed by atoms with Crippen LogP contribution < -0.4 is 0 Å². The summed E-state index contributed by atoms with van der Waals surface area (Å²) in [7, 11) is 0. The van der Waals surface area contributed by atoms with Crippen LogP contribution in [0.4, 0.5) is 0 Å². The average Bonchev–Trinajstić information content (AvgIpc) is 2.74. The van der Waals surface area contributed by atoms with Crippen LogP contribution in [-0.4, -0.2) is 35.7 Å². The fourth-order valence-electron chi connectivity index (χ4n) is 5.31. The lowest BCUT2D eigenvalue weighted by molar-refractivity contribution is -0.162. The third kappa shape index (κ3) is 6.14. The Balaban J connectivity index is 1.42. The maximum Gasteiger partial charge on any atom is 0.309 e. The molecule has 3 saturated carbocycles. The first kappa shape index (κ1) is 23.0. The van der Waals surface area contributed by atoms with Crippen LogP contribution in [0.2, 0.25) is 0 Å². The maximum atomic E-state index is 12.7. The van der Waals surface area contributed by atoms with Gasteiger partial charge < -0.3 is 9.47 Å². The van der Waals surface area contributed by atoms with Crippen molar-refractivity contribution in [2.45, 2.75) is 103 Å². The fraction of sp³-hybridized carbons (Fsp3) is 0.833. The van der Waals surface area contributed by atoms with Crippen LogP contribution in [-0.2, 0) is 28.7 Å². The molecule has 0 amide bonds. The lowest BCUT2D eigenvalue weighted by Gasteiger charge is -2.32. The van der Waals surface area contributed by atoms with E-state index in [0.717, 1.165) is 70.6 Å². The molecular weight excluding hydrogens is 384 g/mol. The zero-order chi connectivity index (χ0) is 21.7. The summed E-state index contributed by atoms with van der Waals surface area (Å²) in [6.07, 6.45) is 8.80. The minimum atomic E-state index is -0.240. The van der Waals surface area contributed by atoms with Crippen molar-refractivity contribution in [3.8, 4) is 0 Å². The molecule has 3 rings (SSSR count). The number of ether oxygens (including phenoxy) is 2. The second-order valence-corrected chi connectivity index (χ2v) is 9.60. The minimum absolute atomic E-state index is 0.100. The van der Waals surface area contributed by atoms with Crippen molar-refractivity contribution in [2.75, 3.05) is 0 Å². The van der Waals surface area contributed by atoms with Crippen LogP contribution in [0.15, 0.2) is 0 Å². The number of ketones is 2. The van der Waals surface area contributed by atoms with Gasteiger partial charge in [0.1, 0.15) is 23.8 Å². The van der Waals surface area contributed by atoms with E-state index in [1.807, 2.05) is 0 Å². The van der Waals surface area contributed by atoms with Crippen molar-refractivity contribution in [3.05, 3.63) is 0 Å². The van der Waals surface area contributed by atoms with Gasteiger partial charge in [0.05, 0.1) is 11.8 Å². The van der Waals surface area contributed by atoms with Crippen LogP contribution in [0.1, 0.15) is 90.9 Å². The average molecular weight is 421 g/mol. The number of hydrogen-bond acceptors (Lipinski definition) is 6. The Hall–Kier alpha value is -1.72. The number of hydrogen-bond donors (Lipinski definition) is 0. The van der Waals surface area contributed by atoms with E-state index in [0.29, 0.717) is 6.42 Å². The highest BCUT2D eigenvalue weighted by molar-refractivity contribution is 5.79. The molecule has 30 heavy (non-hydrogen) atoms. The minimum Gasteiger partial charge on any atom is -0.462 e. The lowest BCUT2D eigenvalue weighted by atomic mass is 9.81. The van der Waals surface area contributed by atoms with Gasteiger partial charge in [-0.25, -0.2) is 0 Å². The van der Waals surface area contributed by atoms with Gasteiger partial charge in [0.25, 0.3) is 0 Å². The van der Waals surface area contributed by atoms with Crippen molar-refractivity contribution < 1.29 is 28.7 Å². The van der Waals surface area contributed by atoms with Crippen LogP contribution in [0, 0.1) is 23.7 Å². The van der Waals surface area contributed by atoms with Gasteiger partial charge in [-0.2, -0.15) is 0 Å². The van der Waals surface area contributed by atoms with Gasteiger partial charge >= 0.3 is 11.9 Å². The third-order valence-corrected chi connectivity index (χ3v) is 7.40. The van der Waals surface area contributed by atoms with Gasteiger partial charge in [0, 0.05) is 11.8 Å². The monoisotopic (exact) mass is 420 g/mol. The largest absolute Gasteiger partial charge is 0.462 e. The van der Waals surface area contributed by atoms with Crippen molar-refractivity contribution in [2.24, 2.45) is 23.7 Å². The summed E-state index contributed by atoms with van der Waals surface area (Å²) in [6.45, 7) is 3.26. The molecule has 3 aliphatic carbocycles. The Morgan fingerprint density at radius 3 is 1.23 bits per heavy atom. The van der Waals surface area contributed by atoms with Crippen LogP contribution >= 0.6 is 0 Å². The highest BCUT2D eigenvalue weighted by Crippen LogP contribution is 2.34. The van der Waals surface area contributed by atoms with Gasteiger partial charge in [0.15, 0.2) is 0 Å². The standard InChI is InChI=1S/C24H36O6/c1-15(25)17-6-10-21(11-7-17)29-23(27)19-4-3-5-20(14-19)24(28)30-22-12-8-18(9-13-22)16(2)26/h17-22H,3-14H2,1-2H3. The molecule has 0 spiro atoms. The van der Waals surface area contributed by atoms with Crippen LogP contribution in [0.3, 0.4) is 0 Å².